The summed E-state index contributed by atoms with van der Waals surface area (Å²) in [6, 6.07) is 31.0. The van der Waals surface area contributed by atoms with Crippen molar-refractivity contribution >= 4 is 14.3 Å². The second-order valence-corrected chi connectivity index (χ2v) is 15.5. The summed E-state index contributed by atoms with van der Waals surface area (Å²) in [5, 5.41) is 0.0344. The normalized spacial score (nSPS) is 13.5. The van der Waals surface area contributed by atoms with Gasteiger partial charge in [0.1, 0.15) is 5.60 Å². The Kier molecular flexibility index (Phi) is 9.66. The van der Waals surface area contributed by atoms with Gasteiger partial charge in [-0.3, -0.25) is 0 Å². The number of carbonyl (C=O) groups excluding carboxylic acids is 1. The molecule has 0 bridgehead atoms. The summed E-state index contributed by atoms with van der Waals surface area (Å²) in [7, 11) is -0.735. The van der Waals surface area contributed by atoms with Crippen molar-refractivity contribution < 1.29 is 18.7 Å². The van der Waals surface area contributed by atoms with Crippen LogP contribution in [0.15, 0.2) is 103 Å². The molecule has 0 aliphatic rings. The molecule has 0 heterocycles. The molecule has 3 aromatic rings. The third kappa shape index (κ3) is 7.07. The molecule has 4 nitrogen and oxygen atoms in total. The first-order valence-electron chi connectivity index (χ1n) is 12.8. The van der Waals surface area contributed by atoms with Crippen LogP contribution in [0.1, 0.15) is 43.9 Å². The van der Waals surface area contributed by atoms with E-state index in [0.29, 0.717) is 13.0 Å². The Labute approximate surface area is 223 Å². The van der Waals surface area contributed by atoms with E-state index in [1.165, 1.54) is 13.2 Å². The van der Waals surface area contributed by atoms with Crippen LogP contribution in [0.25, 0.3) is 0 Å². The van der Waals surface area contributed by atoms with Crippen LogP contribution in [0, 0.1) is 0 Å². The molecule has 0 aliphatic carbocycles. The van der Waals surface area contributed by atoms with Gasteiger partial charge in [-0.05, 0) is 41.2 Å². The van der Waals surface area contributed by atoms with Gasteiger partial charge in [0.25, 0.3) is 0 Å². The highest BCUT2D eigenvalue weighted by atomic mass is 28.4. The molecule has 0 fully saturated rings. The van der Waals surface area contributed by atoms with Crippen LogP contribution in [0.4, 0.5) is 0 Å². The number of hydrogen-bond donors (Lipinski definition) is 0. The summed E-state index contributed by atoms with van der Waals surface area (Å²) in [6.45, 7) is 11.5. The predicted molar refractivity (Wildman–Crippen MR) is 153 cm³/mol. The minimum absolute atomic E-state index is 0.0344. The number of hydrogen-bond acceptors (Lipinski definition) is 4. The standard InChI is InChI=1S/C32H40O4Si/c1-31(2,3)37(5,6)36-29(23-16-24-30(33)34-4)25-35-32(26-17-10-7-11-18-26,27-19-12-8-13-20-27)28-21-14-9-15-22-28/h7-22,24,29H,23,25H2,1-6H3/b24-16-/t29-/m1/s1. The summed E-state index contributed by atoms with van der Waals surface area (Å²) in [4.78, 5) is 11.7. The van der Waals surface area contributed by atoms with Crippen LogP contribution >= 0.6 is 0 Å². The zero-order chi connectivity index (χ0) is 26.9. The van der Waals surface area contributed by atoms with Crippen LogP contribution in [0.2, 0.25) is 18.1 Å². The Bertz CT molecular complexity index is 1040. The van der Waals surface area contributed by atoms with E-state index in [1.807, 2.05) is 60.7 Å². The van der Waals surface area contributed by atoms with Crippen molar-refractivity contribution in [2.45, 2.75) is 57.0 Å². The summed E-state index contributed by atoms with van der Waals surface area (Å²) >= 11 is 0. The van der Waals surface area contributed by atoms with Crippen LogP contribution in [-0.2, 0) is 24.3 Å². The Morgan fingerprint density at radius 1 is 0.811 bits per heavy atom. The van der Waals surface area contributed by atoms with Gasteiger partial charge in [0.15, 0.2) is 8.32 Å². The Hall–Kier alpha value is -2.99. The van der Waals surface area contributed by atoms with E-state index in [2.05, 4.69) is 70.3 Å². The predicted octanol–water partition coefficient (Wildman–Crippen LogP) is 7.50. The molecular formula is C32H40O4Si. The average molecular weight is 517 g/mol. The van der Waals surface area contributed by atoms with E-state index in [1.54, 1.807) is 0 Å². The van der Waals surface area contributed by atoms with Crippen molar-refractivity contribution in [1.82, 2.24) is 0 Å². The summed E-state index contributed by atoms with van der Waals surface area (Å²) < 4.78 is 18.7. The lowest BCUT2D eigenvalue weighted by Crippen LogP contribution is -2.46. The molecule has 0 saturated heterocycles. The van der Waals surface area contributed by atoms with E-state index < -0.39 is 13.9 Å². The lowest BCUT2D eigenvalue weighted by Gasteiger charge is -2.41. The molecule has 1 atom stereocenters. The molecule has 3 aromatic carbocycles. The molecule has 0 N–H and O–H groups in total. The molecule has 3 rings (SSSR count). The van der Waals surface area contributed by atoms with Gasteiger partial charge in [0.2, 0.25) is 0 Å². The third-order valence-corrected chi connectivity index (χ3v) is 11.7. The number of carbonyl (C=O) groups is 1. The maximum Gasteiger partial charge on any atom is 0.330 e. The lowest BCUT2D eigenvalue weighted by atomic mass is 9.80. The van der Waals surface area contributed by atoms with E-state index >= 15 is 0 Å². The smallest absolute Gasteiger partial charge is 0.330 e. The second-order valence-electron chi connectivity index (χ2n) is 10.8. The first-order valence-corrected chi connectivity index (χ1v) is 15.7. The van der Waals surface area contributed by atoms with E-state index in [9.17, 15) is 4.79 Å². The Morgan fingerprint density at radius 2 is 1.24 bits per heavy atom. The molecular weight excluding hydrogens is 476 g/mol. The molecule has 0 spiro atoms. The number of ether oxygens (including phenoxy) is 2. The van der Waals surface area contributed by atoms with Crippen LogP contribution in [-0.4, -0.2) is 34.1 Å². The zero-order valence-corrected chi connectivity index (χ0v) is 23.9. The largest absolute Gasteiger partial charge is 0.466 e. The van der Waals surface area contributed by atoms with E-state index in [4.69, 9.17) is 13.9 Å². The Morgan fingerprint density at radius 3 is 1.62 bits per heavy atom. The van der Waals surface area contributed by atoms with Crippen molar-refractivity contribution in [3.63, 3.8) is 0 Å². The molecule has 0 aliphatic heterocycles. The first kappa shape index (κ1) is 28.6. The molecule has 0 unspecified atom stereocenters. The van der Waals surface area contributed by atoms with Crippen molar-refractivity contribution in [3.05, 3.63) is 120 Å². The fourth-order valence-electron chi connectivity index (χ4n) is 4.11. The molecule has 196 valence electrons. The second kappa shape index (κ2) is 12.5. The number of rotatable bonds is 11. The van der Waals surface area contributed by atoms with Crippen LogP contribution in [0.3, 0.4) is 0 Å². The molecule has 0 saturated carbocycles. The zero-order valence-electron chi connectivity index (χ0n) is 22.9. The van der Waals surface area contributed by atoms with Gasteiger partial charge in [-0.1, -0.05) is 118 Å². The SMILES string of the molecule is COC(=O)/C=C\C[C@H](COC(c1ccccc1)(c1ccccc1)c1ccccc1)O[Si](C)(C)C(C)(C)C. The van der Waals surface area contributed by atoms with Crippen LogP contribution < -0.4 is 0 Å². The van der Waals surface area contributed by atoms with E-state index in [0.717, 1.165) is 16.7 Å². The summed E-state index contributed by atoms with van der Waals surface area (Å²) in [6.07, 6.45) is 3.58. The average Bonchev–Trinajstić information content (AvgIpc) is 2.90. The fourth-order valence-corrected chi connectivity index (χ4v) is 5.47. The van der Waals surface area contributed by atoms with Gasteiger partial charge in [0, 0.05) is 6.08 Å². The highest BCUT2D eigenvalue weighted by Crippen LogP contribution is 2.42. The number of benzene rings is 3. The first-order chi connectivity index (χ1) is 17.6. The molecule has 5 heteroatoms. The van der Waals surface area contributed by atoms with E-state index in [-0.39, 0.29) is 17.1 Å². The van der Waals surface area contributed by atoms with Crippen molar-refractivity contribution in [2.24, 2.45) is 0 Å². The van der Waals surface area contributed by atoms with Gasteiger partial charge in [0.05, 0.1) is 19.8 Å². The third-order valence-electron chi connectivity index (χ3n) is 7.15. The van der Waals surface area contributed by atoms with Crippen molar-refractivity contribution in [3.8, 4) is 0 Å². The molecule has 0 radical (unpaired) electrons. The minimum Gasteiger partial charge on any atom is -0.466 e. The van der Waals surface area contributed by atoms with Crippen LogP contribution in [0.5, 0.6) is 0 Å². The summed E-state index contributed by atoms with van der Waals surface area (Å²) in [5.74, 6) is -0.376. The van der Waals surface area contributed by atoms with Crippen molar-refractivity contribution in [2.75, 3.05) is 13.7 Å². The highest BCUT2D eigenvalue weighted by molar-refractivity contribution is 6.74. The minimum atomic E-state index is -2.12. The molecule has 37 heavy (non-hydrogen) atoms. The molecule has 0 amide bonds. The fraction of sp³-hybridized carbons (Fsp3) is 0.344. The lowest BCUT2D eigenvalue weighted by molar-refractivity contribution is -0.134. The maximum absolute atomic E-state index is 11.7. The van der Waals surface area contributed by atoms with Gasteiger partial charge in [-0.15, -0.1) is 0 Å². The van der Waals surface area contributed by atoms with Gasteiger partial charge >= 0.3 is 5.97 Å². The number of methoxy groups -OCH3 is 1. The highest BCUT2D eigenvalue weighted by Gasteiger charge is 2.41. The molecule has 0 aromatic heterocycles. The van der Waals surface area contributed by atoms with Crippen molar-refractivity contribution in [1.29, 1.82) is 0 Å². The van der Waals surface area contributed by atoms with Gasteiger partial charge in [-0.2, -0.15) is 0 Å². The topological polar surface area (TPSA) is 44.8 Å². The van der Waals surface area contributed by atoms with Gasteiger partial charge < -0.3 is 13.9 Å². The quantitative estimate of drug-likeness (QED) is 0.115. The monoisotopic (exact) mass is 516 g/mol. The maximum atomic E-state index is 11.7. The summed E-state index contributed by atoms with van der Waals surface area (Å²) in [5.41, 5.74) is 2.31. The van der Waals surface area contributed by atoms with Gasteiger partial charge in [-0.25, -0.2) is 4.79 Å². The Balaban J connectivity index is 2.06. The number of esters is 1.